The molecule has 2 aromatic rings. The number of halogens is 1. The fourth-order valence-corrected chi connectivity index (χ4v) is 3.77. The predicted molar refractivity (Wildman–Crippen MR) is 108 cm³/mol. The Hall–Kier alpha value is -2.52. The Labute approximate surface area is 171 Å². The maximum atomic E-state index is 12.7. The first-order valence-electron chi connectivity index (χ1n) is 9.12. The highest BCUT2D eigenvalue weighted by atomic mass is 79.9. The van der Waals surface area contributed by atoms with Gasteiger partial charge in [0.05, 0.1) is 19.1 Å². The number of amides is 2. The molecule has 2 amide bonds. The van der Waals surface area contributed by atoms with Crippen LogP contribution in [0.3, 0.4) is 0 Å². The third-order valence-electron chi connectivity index (χ3n) is 4.85. The average molecular weight is 446 g/mol. The van der Waals surface area contributed by atoms with Gasteiger partial charge in [0.2, 0.25) is 11.8 Å². The van der Waals surface area contributed by atoms with Crippen LogP contribution in [-0.2, 0) is 14.3 Å². The van der Waals surface area contributed by atoms with Gasteiger partial charge in [-0.3, -0.25) is 9.59 Å². The van der Waals surface area contributed by atoms with Gasteiger partial charge in [-0.15, -0.1) is 0 Å². The van der Waals surface area contributed by atoms with E-state index in [2.05, 4.69) is 36.1 Å². The van der Waals surface area contributed by atoms with Crippen molar-refractivity contribution in [2.24, 2.45) is 5.92 Å². The second-order valence-corrected chi connectivity index (χ2v) is 7.65. The van der Waals surface area contributed by atoms with Crippen LogP contribution < -0.4 is 15.1 Å². The summed E-state index contributed by atoms with van der Waals surface area (Å²) in [5.74, 6) is 0.502. The average Bonchev–Trinajstić information content (AvgIpc) is 3.11. The van der Waals surface area contributed by atoms with Crippen LogP contribution in [0, 0.1) is 5.92 Å². The maximum absolute atomic E-state index is 12.7. The molecule has 2 fully saturated rings. The number of nitrogens with zero attached hydrogens (tertiary/aromatic N) is 4. The molecule has 2 aliphatic heterocycles. The number of anilines is 3. The van der Waals surface area contributed by atoms with Crippen LogP contribution in [0.15, 0.2) is 41.1 Å². The van der Waals surface area contributed by atoms with Crippen molar-refractivity contribution in [3.8, 4) is 0 Å². The lowest BCUT2D eigenvalue weighted by molar-refractivity contribution is -0.122. The minimum absolute atomic E-state index is 0.0602. The largest absolute Gasteiger partial charge is 0.378 e. The molecule has 0 aliphatic carbocycles. The van der Waals surface area contributed by atoms with Crippen molar-refractivity contribution in [3.05, 3.63) is 41.1 Å². The smallest absolute Gasteiger partial charge is 0.230 e. The van der Waals surface area contributed by atoms with Gasteiger partial charge in [0.25, 0.3) is 0 Å². The molecule has 1 aromatic carbocycles. The van der Waals surface area contributed by atoms with Crippen molar-refractivity contribution >= 4 is 45.1 Å². The summed E-state index contributed by atoms with van der Waals surface area (Å²) in [4.78, 5) is 37.3. The van der Waals surface area contributed by atoms with Crippen LogP contribution >= 0.6 is 15.9 Å². The summed E-state index contributed by atoms with van der Waals surface area (Å²) >= 11 is 3.41. The van der Waals surface area contributed by atoms with E-state index in [9.17, 15) is 9.59 Å². The fraction of sp³-hybridized carbons (Fsp3) is 0.368. The van der Waals surface area contributed by atoms with Crippen molar-refractivity contribution < 1.29 is 14.3 Å². The molecule has 9 heteroatoms. The van der Waals surface area contributed by atoms with Crippen molar-refractivity contribution in [3.63, 3.8) is 0 Å². The Bertz CT molecular complexity index is 887. The molecule has 0 radical (unpaired) electrons. The van der Waals surface area contributed by atoms with E-state index >= 15 is 0 Å². The van der Waals surface area contributed by atoms with Gasteiger partial charge < -0.3 is 19.9 Å². The summed E-state index contributed by atoms with van der Waals surface area (Å²) in [6.45, 7) is 3.16. The summed E-state index contributed by atoms with van der Waals surface area (Å²) < 4.78 is 6.24. The monoisotopic (exact) mass is 445 g/mol. The number of rotatable bonds is 4. The van der Waals surface area contributed by atoms with E-state index < -0.39 is 5.92 Å². The van der Waals surface area contributed by atoms with Crippen molar-refractivity contribution in [2.45, 2.75) is 6.42 Å². The zero-order chi connectivity index (χ0) is 19.5. The topological polar surface area (TPSA) is 87.7 Å². The van der Waals surface area contributed by atoms with Gasteiger partial charge in [0, 0.05) is 42.3 Å². The molecule has 1 N–H and O–H groups in total. The number of carbonyl (C=O) groups is 2. The highest BCUT2D eigenvalue weighted by Crippen LogP contribution is 2.28. The van der Waals surface area contributed by atoms with E-state index in [0.717, 1.165) is 29.1 Å². The number of ether oxygens (including phenoxy) is 1. The number of morpholine rings is 1. The third kappa shape index (κ3) is 4.15. The van der Waals surface area contributed by atoms with Crippen LogP contribution in [0.2, 0.25) is 0 Å². The molecule has 146 valence electrons. The standard InChI is InChI=1S/C19H20BrN5O3/c20-14-2-1-3-15(9-14)25-11-13(8-18(25)26)19(27)23-16-10-17(22-12-21-16)24-4-6-28-7-5-24/h1-3,9-10,12-13H,4-8,11H2,(H,21,22,23,27). The zero-order valence-corrected chi connectivity index (χ0v) is 16.8. The number of aromatic nitrogens is 2. The number of benzene rings is 1. The van der Waals surface area contributed by atoms with Crippen LogP contribution in [0.1, 0.15) is 6.42 Å². The quantitative estimate of drug-likeness (QED) is 0.774. The molecule has 0 bridgehead atoms. The minimum Gasteiger partial charge on any atom is -0.378 e. The lowest BCUT2D eigenvalue weighted by atomic mass is 10.1. The second kappa shape index (κ2) is 8.24. The minimum atomic E-state index is -0.423. The number of carbonyl (C=O) groups excluding carboxylic acids is 2. The Morgan fingerprint density at radius 3 is 2.82 bits per heavy atom. The van der Waals surface area contributed by atoms with Crippen molar-refractivity contribution in [1.82, 2.24) is 9.97 Å². The lowest BCUT2D eigenvalue weighted by Crippen LogP contribution is -2.36. The molecular weight excluding hydrogens is 426 g/mol. The Morgan fingerprint density at radius 1 is 1.21 bits per heavy atom. The highest BCUT2D eigenvalue weighted by molar-refractivity contribution is 9.10. The zero-order valence-electron chi connectivity index (χ0n) is 15.2. The highest BCUT2D eigenvalue weighted by Gasteiger charge is 2.35. The molecule has 1 unspecified atom stereocenters. The van der Waals surface area contributed by atoms with E-state index in [1.165, 1.54) is 6.33 Å². The first-order valence-corrected chi connectivity index (χ1v) is 9.91. The molecule has 1 aromatic heterocycles. The summed E-state index contributed by atoms with van der Waals surface area (Å²) in [5.41, 5.74) is 0.784. The number of nitrogens with one attached hydrogen (secondary N) is 1. The molecular formula is C19H20BrN5O3. The predicted octanol–water partition coefficient (Wildman–Crippen LogP) is 2.07. The van der Waals surface area contributed by atoms with Gasteiger partial charge in [0.1, 0.15) is 18.0 Å². The molecule has 8 nitrogen and oxygen atoms in total. The van der Waals surface area contributed by atoms with E-state index in [0.29, 0.717) is 25.6 Å². The summed E-state index contributed by atoms with van der Waals surface area (Å²) in [6, 6.07) is 9.26. The summed E-state index contributed by atoms with van der Waals surface area (Å²) in [7, 11) is 0. The SMILES string of the molecule is O=C(Nc1cc(N2CCOCC2)ncn1)C1CC(=O)N(c2cccc(Br)c2)C1. The lowest BCUT2D eigenvalue weighted by Gasteiger charge is -2.27. The third-order valence-corrected chi connectivity index (χ3v) is 5.35. The molecule has 4 rings (SSSR count). The molecule has 2 saturated heterocycles. The van der Waals surface area contributed by atoms with E-state index in [-0.39, 0.29) is 18.2 Å². The molecule has 1 atom stereocenters. The molecule has 0 spiro atoms. The normalized spacial score (nSPS) is 19.8. The van der Waals surface area contributed by atoms with Gasteiger partial charge in [-0.1, -0.05) is 22.0 Å². The molecule has 28 heavy (non-hydrogen) atoms. The van der Waals surface area contributed by atoms with Gasteiger partial charge in [-0.2, -0.15) is 0 Å². The Kier molecular flexibility index (Phi) is 5.54. The molecule has 3 heterocycles. The number of hydrogen-bond acceptors (Lipinski definition) is 6. The fourth-order valence-electron chi connectivity index (χ4n) is 3.39. The van der Waals surface area contributed by atoms with E-state index in [4.69, 9.17) is 4.74 Å². The van der Waals surface area contributed by atoms with Gasteiger partial charge >= 0.3 is 0 Å². The van der Waals surface area contributed by atoms with Crippen LogP contribution in [0.25, 0.3) is 0 Å². The van der Waals surface area contributed by atoms with E-state index in [1.54, 1.807) is 11.0 Å². The van der Waals surface area contributed by atoms with Crippen molar-refractivity contribution in [1.29, 1.82) is 0 Å². The summed E-state index contributed by atoms with van der Waals surface area (Å²) in [6.07, 6.45) is 1.62. The number of hydrogen-bond donors (Lipinski definition) is 1. The maximum Gasteiger partial charge on any atom is 0.230 e. The Morgan fingerprint density at radius 2 is 2.04 bits per heavy atom. The van der Waals surface area contributed by atoms with E-state index in [1.807, 2.05) is 24.3 Å². The molecule has 2 aliphatic rings. The van der Waals surface area contributed by atoms with Gasteiger partial charge in [-0.05, 0) is 18.2 Å². The van der Waals surface area contributed by atoms with Crippen molar-refractivity contribution in [2.75, 3.05) is 48.0 Å². The van der Waals surface area contributed by atoms with Gasteiger partial charge in [0.15, 0.2) is 0 Å². The first kappa shape index (κ1) is 18.8. The second-order valence-electron chi connectivity index (χ2n) is 6.74. The summed E-state index contributed by atoms with van der Waals surface area (Å²) in [5, 5.41) is 2.83. The van der Waals surface area contributed by atoms with Gasteiger partial charge in [-0.25, -0.2) is 9.97 Å². The van der Waals surface area contributed by atoms with Crippen LogP contribution in [0.4, 0.5) is 17.3 Å². The van der Waals surface area contributed by atoms with Crippen LogP contribution in [-0.4, -0.2) is 54.6 Å². The molecule has 0 saturated carbocycles. The van der Waals surface area contributed by atoms with Crippen LogP contribution in [0.5, 0.6) is 0 Å². The first-order chi connectivity index (χ1) is 13.6. The Balaban J connectivity index is 1.42.